The molecule has 0 heterocycles. The maximum Gasteiger partial charge on any atom is 0.325 e. The van der Waals surface area contributed by atoms with Crippen molar-refractivity contribution in [3.8, 4) is 11.8 Å². The van der Waals surface area contributed by atoms with Gasteiger partial charge < -0.3 is 9.84 Å². The first-order valence-corrected chi connectivity index (χ1v) is 7.66. The highest BCUT2D eigenvalue weighted by atomic mass is 32.2. The van der Waals surface area contributed by atoms with Crippen molar-refractivity contribution in [3.63, 3.8) is 0 Å². The van der Waals surface area contributed by atoms with Crippen LogP contribution in [-0.2, 0) is 19.6 Å². The minimum absolute atomic E-state index is 0.256. The monoisotopic (exact) mass is 311 g/mol. The van der Waals surface area contributed by atoms with E-state index in [0.29, 0.717) is 5.56 Å². The molecular formula is C14H17NO5S. The molecule has 0 amide bonds. The van der Waals surface area contributed by atoms with E-state index in [9.17, 15) is 13.2 Å². The number of carbonyl (C=O) groups is 1. The highest BCUT2D eigenvalue weighted by molar-refractivity contribution is 7.94. The van der Waals surface area contributed by atoms with E-state index in [4.69, 9.17) is 5.11 Å². The minimum Gasteiger partial charge on any atom is -0.468 e. The summed E-state index contributed by atoms with van der Waals surface area (Å²) in [5.74, 6) is 4.26. The van der Waals surface area contributed by atoms with Gasteiger partial charge in [0, 0.05) is 5.56 Å². The van der Waals surface area contributed by atoms with Gasteiger partial charge in [0.2, 0.25) is 10.0 Å². The molecule has 0 saturated heterocycles. The van der Waals surface area contributed by atoms with Gasteiger partial charge in [0.05, 0.1) is 12.8 Å². The molecule has 0 aromatic heterocycles. The zero-order chi connectivity index (χ0) is 16.0. The van der Waals surface area contributed by atoms with Crippen LogP contribution in [-0.4, -0.2) is 38.5 Å². The number of aliphatic hydroxyl groups excluding tert-OH is 1. The summed E-state index contributed by atoms with van der Waals surface area (Å²) in [6, 6.07) is 5.00. The molecule has 1 aromatic rings. The van der Waals surface area contributed by atoms with Gasteiger partial charge in [-0.05, 0) is 31.5 Å². The normalized spacial score (nSPS) is 12.0. The number of anilines is 1. The number of esters is 1. The summed E-state index contributed by atoms with van der Waals surface area (Å²) in [7, 11) is -2.82. The Morgan fingerprint density at radius 1 is 1.48 bits per heavy atom. The maximum absolute atomic E-state index is 12.1. The fraction of sp³-hybridized carbons (Fsp3) is 0.357. The van der Waals surface area contributed by atoms with Crippen molar-refractivity contribution in [2.75, 3.05) is 18.4 Å². The van der Waals surface area contributed by atoms with Crippen molar-refractivity contribution in [1.29, 1.82) is 0 Å². The summed E-state index contributed by atoms with van der Waals surface area (Å²) in [6.07, 6.45) is 0. The number of aryl methyl sites for hydroxylation is 1. The van der Waals surface area contributed by atoms with Gasteiger partial charge in [0.15, 0.2) is 5.25 Å². The van der Waals surface area contributed by atoms with Gasteiger partial charge in [0.1, 0.15) is 6.61 Å². The van der Waals surface area contributed by atoms with Crippen molar-refractivity contribution in [1.82, 2.24) is 0 Å². The largest absolute Gasteiger partial charge is 0.468 e. The van der Waals surface area contributed by atoms with Crippen LogP contribution in [0.15, 0.2) is 18.2 Å². The first-order chi connectivity index (χ1) is 9.81. The van der Waals surface area contributed by atoms with Crippen LogP contribution < -0.4 is 4.72 Å². The molecule has 7 heteroatoms. The Balaban J connectivity index is 3.17. The van der Waals surface area contributed by atoms with Crippen molar-refractivity contribution >= 4 is 21.7 Å². The SMILES string of the molecule is COC(=O)C(C)S(=O)(=O)Nc1cc(C)ccc1C#CCO. The molecule has 0 saturated carbocycles. The Bertz CT molecular complexity index is 685. The third kappa shape index (κ3) is 4.48. The van der Waals surface area contributed by atoms with Crippen LogP contribution in [0.4, 0.5) is 5.69 Å². The summed E-state index contributed by atoms with van der Waals surface area (Å²) in [5, 5.41) is 7.38. The lowest BCUT2D eigenvalue weighted by atomic mass is 10.1. The van der Waals surface area contributed by atoms with Gasteiger partial charge in [-0.25, -0.2) is 8.42 Å². The predicted molar refractivity (Wildman–Crippen MR) is 79.2 cm³/mol. The second-order valence-electron chi connectivity index (χ2n) is 4.32. The maximum atomic E-state index is 12.1. The predicted octanol–water partition coefficient (Wildman–Crippen LogP) is 0.642. The molecular weight excluding hydrogens is 294 g/mol. The highest BCUT2D eigenvalue weighted by Crippen LogP contribution is 2.19. The van der Waals surface area contributed by atoms with E-state index in [0.717, 1.165) is 12.7 Å². The average molecular weight is 311 g/mol. The zero-order valence-electron chi connectivity index (χ0n) is 12.0. The summed E-state index contributed by atoms with van der Waals surface area (Å²) in [5.41, 5.74) is 1.50. The molecule has 6 nitrogen and oxygen atoms in total. The number of benzene rings is 1. The molecule has 0 fully saturated rings. The molecule has 21 heavy (non-hydrogen) atoms. The van der Waals surface area contributed by atoms with E-state index in [1.54, 1.807) is 25.1 Å². The van der Waals surface area contributed by atoms with Crippen LogP contribution in [0.5, 0.6) is 0 Å². The topological polar surface area (TPSA) is 92.7 Å². The molecule has 1 unspecified atom stereocenters. The van der Waals surface area contributed by atoms with Gasteiger partial charge in [-0.15, -0.1) is 0 Å². The van der Waals surface area contributed by atoms with Crippen molar-refractivity contribution in [2.45, 2.75) is 19.1 Å². The quantitative estimate of drug-likeness (QED) is 0.629. The fourth-order valence-corrected chi connectivity index (χ4v) is 2.52. The Hall–Kier alpha value is -2.04. The van der Waals surface area contributed by atoms with Crippen molar-refractivity contribution in [2.24, 2.45) is 0 Å². The summed E-state index contributed by atoms with van der Waals surface area (Å²) < 4.78 is 31.0. The van der Waals surface area contributed by atoms with E-state index < -0.39 is 21.2 Å². The molecule has 0 bridgehead atoms. The molecule has 1 atom stereocenters. The second-order valence-corrected chi connectivity index (χ2v) is 6.32. The minimum atomic E-state index is -3.94. The van der Waals surface area contributed by atoms with E-state index in [2.05, 4.69) is 21.3 Å². The van der Waals surface area contributed by atoms with Gasteiger partial charge in [-0.2, -0.15) is 0 Å². The molecule has 114 valence electrons. The molecule has 1 rings (SSSR count). The number of ether oxygens (including phenoxy) is 1. The van der Waals surface area contributed by atoms with Crippen molar-refractivity contribution < 1.29 is 23.1 Å². The highest BCUT2D eigenvalue weighted by Gasteiger charge is 2.29. The molecule has 0 radical (unpaired) electrons. The first-order valence-electron chi connectivity index (χ1n) is 6.11. The molecule has 2 N–H and O–H groups in total. The molecule has 0 spiro atoms. The summed E-state index contributed by atoms with van der Waals surface area (Å²) in [4.78, 5) is 11.4. The number of hydrogen-bond donors (Lipinski definition) is 2. The van der Waals surface area contributed by atoms with Gasteiger partial charge in [-0.1, -0.05) is 17.9 Å². The third-order valence-electron chi connectivity index (χ3n) is 2.73. The molecule has 0 aliphatic heterocycles. The van der Waals surface area contributed by atoms with Crippen LogP contribution in [0.25, 0.3) is 0 Å². The zero-order valence-corrected chi connectivity index (χ0v) is 12.8. The first kappa shape index (κ1) is 17.0. The number of aliphatic hydroxyl groups is 1. The third-order valence-corrected chi connectivity index (χ3v) is 4.36. The Kier molecular flexibility index (Phi) is 5.76. The Morgan fingerprint density at radius 3 is 2.71 bits per heavy atom. The lowest BCUT2D eigenvalue weighted by Crippen LogP contribution is -2.33. The molecule has 0 aliphatic carbocycles. The average Bonchev–Trinajstić information content (AvgIpc) is 2.44. The number of hydrogen-bond acceptors (Lipinski definition) is 5. The van der Waals surface area contributed by atoms with Crippen LogP contribution >= 0.6 is 0 Å². The van der Waals surface area contributed by atoms with Gasteiger partial charge in [0.25, 0.3) is 0 Å². The van der Waals surface area contributed by atoms with E-state index in [1.807, 2.05) is 0 Å². The fourth-order valence-electron chi connectivity index (χ4n) is 1.52. The standard InChI is InChI=1S/C14H17NO5S/c1-10-6-7-12(5-4-8-16)13(9-10)15-21(18,19)11(2)14(17)20-3/h6-7,9,11,15-16H,8H2,1-3H3. The van der Waals surface area contributed by atoms with Gasteiger partial charge >= 0.3 is 5.97 Å². The number of rotatable bonds is 4. The Morgan fingerprint density at radius 2 is 2.14 bits per heavy atom. The number of sulfonamides is 1. The van der Waals surface area contributed by atoms with Crippen LogP contribution in [0.1, 0.15) is 18.1 Å². The van der Waals surface area contributed by atoms with E-state index >= 15 is 0 Å². The van der Waals surface area contributed by atoms with Crippen LogP contribution in [0.3, 0.4) is 0 Å². The molecule has 1 aromatic carbocycles. The van der Waals surface area contributed by atoms with E-state index in [1.165, 1.54) is 6.92 Å². The summed E-state index contributed by atoms with van der Waals surface area (Å²) >= 11 is 0. The van der Waals surface area contributed by atoms with Crippen LogP contribution in [0, 0.1) is 18.8 Å². The smallest absolute Gasteiger partial charge is 0.325 e. The Labute approximate surface area is 124 Å². The van der Waals surface area contributed by atoms with E-state index in [-0.39, 0.29) is 12.3 Å². The lowest BCUT2D eigenvalue weighted by molar-refractivity contribution is -0.139. The summed E-state index contributed by atoms with van der Waals surface area (Å²) in [6.45, 7) is 2.70. The van der Waals surface area contributed by atoms with Crippen molar-refractivity contribution in [3.05, 3.63) is 29.3 Å². The van der Waals surface area contributed by atoms with Crippen LogP contribution in [0.2, 0.25) is 0 Å². The number of carbonyl (C=O) groups excluding carboxylic acids is 1. The van der Waals surface area contributed by atoms with Gasteiger partial charge in [-0.3, -0.25) is 9.52 Å². The number of nitrogens with one attached hydrogen (secondary N) is 1. The molecule has 0 aliphatic rings. The lowest BCUT2D eigenvalue weighted by Gasteiger charge is -2.14. The number of methoxy groups -OCH3 is 1. The second kappa shape index (κ2) is 7.11.